The first-order valence-corrected chi connectivity index (χ1v) is 10.5. The number of benzene rings is 2. The van der Waals surface area contributed by atoms with Gasteiger partial charge in [-0.25, -0.2) is 13.2 Å². The average molecular weight is 515 g/mol. The first-order chi connectivity index (χ1) is 13.7. The van der Waals surface area contributed by atoms with Gasteiger partial charge in [-0.1, -0.05) is 19.9 Å². The Balaban J connectivity index is 1.80. The lowest BCUT2D eigenvalue weighted by Gasteiger charge is -2.39. The second kappa shape index (κ2) is 8.85. The number of likely N-dealkylation sites (tertiary alicyclic amines) is 1. The molecule has 3 nitrogen and oxygen atoms in total. The molecular formula is C22H21F3INO2. The van der Waals surface area contributed by atoms with Crippen molar-refractivity contribution in [2.75, 3.05) is 13.1 Å². The summed E-state index contributed by atoms with van der Waals surface area (Å²) in [7, 11) is 0. The Kier molecular flexibility index (Phi) is 6.65. The molecule has 0 unspecified atom stereocenters. The number of nitrogens with zero attached hydrogens (tertiary/aromatic N) is 1. The van der Waals surface area contributed by atoms with E-state index in [-0.39, 0.29) is 40.7 Å². The summed E-state index contributed by atoms with van der Waals surface area (Å²) in [6.07, 6.45) is 0.177. The van der Waals surface area contributed by atoms with E-state index in [2.05, 4.69) is 0 Å². The minimum atomic E-state index is -1.14. The third-order valence-electron chi connectivity index (χ3n) is 5.19. The molecule has 1 aliphatic heterocycles. The molecule has 154 valence electrons. The van der Waals surface area contributed by atoms with E-state index in [9.17, 15) is 22.8 Å². The van der Waals surface area contributed by atoms with E-state index in [1.54, 1.807) is 6.07 Å². The Labute approximate surface area is 181 Å². The quantitative estimate of drug-likeness (QED) is 0.509. The highest BCUT2D eigenvalue weighted by molar-refractivity contribution is 14.1. The van der Waals surface area contributed by atoms with Crippen LogP contribution in [0.2, 0.25) is 0 Å². The molecule has 2 aromatic rings. The van der Waals surface area contributed by atoms with Crippen LogP contribution in [0.4, 0.5) is 13.2 Å². The van der Waals surface area contributed by atoms with E-state index < -0.39 is 23.4 Å². The van der Waals surface area contributed by atoms with Crippen molar-refractivity contribution in [1.29, 1.82) is 0 Å². The van der Waals surface area contributed by atoms with Gasteiger partial charge >= 0.3 is 0 Å². The van der Waals surface area contributed by atoms with Crippen LogP contribution in [0.15, 0.2) is 30.3 Å². The van der Waals surface area contributed by atoms with Crippen molar-refractivity contribution in [3.8, 4) is 0 Å². The second-order valence-electron chi connectivity index (χ2n) is 7.70. The van der Waals surface area contributed by atoms with Gasteiger partial charge in [0.15, 0.2) is 11.6 Å². The van der Waals surface area contributed by atoms with Crippen LogP contribution in [0, 0.1) is 32.9 Å². The molecule has 3 rings (SSSR count). The van der Waals surface area contributed by atoms with E-state index in [1.165, 1.54) is 23.1 Å². The number of ketones is 1. The minimum absolute atomic E-state index is 0.0236. The molecule has 2 aromatic carbocycles. The van der Waals surface area contributed by atoms with Crippen molar-refractivity contribution in [3.63, 3.8) is 0 Å². The first kappa shape index (κ1) is 21.8. The molecular weight excluding hydrogens is 494 g/mol. The predicted octanol–water partition coefficient (Wildman–Crippen LogP) is 4.99. The number of carbonyl (C=O) groups is 2. The van der Waals surface area contributed by atoms with Gasteiger partial charge in [0, 0.05) is 52.5 Å². The van der Waals surface area contributed by atoms with Gasteiger partial charge in [-0.2, -0.15) is 0 Å². The lowest BCUT2D eigenvalue weighted by atomic mass is 9.89. The van der Waals surface area contributed by atoms with Crippen LogP contribution in [0.25, 0.3) is 0 Å². The molecule has 0 aliphatic carbocycles. The van der Waals surface area contributed by atoms with Crippen LogP contribution < -0.4 is 0 Å². The predicted molar refractivity (Wildman–Crippen MR) is 112 cm³/mol. The third-order valence-corrected chi connectivity index (χ3v) is 5.86. The highest BCUT2D eigenvalue weighted by Crippen LogP contribution is 2.28. The molecule has 0 spiro atoms. The Morgan fingerprint density at radius 3 is 2.41 bits per heavy atom. The highest BCUT2D eigenvalue weighted by atomic mass is 127. The molecule has 1 amide bonds. The number of carbonyl (C=O) groups excluding carboxylic acids is 2. The number of amides is 1. The Morgan fingerprint density at radius 1 is 1.10 bits per heavy atom. The van der Waals surface area contributed by atoms with Crippen LogP contribution in [-0.2, 0) is 11.2 Å². The standard InChI is InChI=1S/C22H21F3INO2/c1-12(2)20(28)7-13-10-27(11-13)22(29)16-5-6-18(23)21(25)17(16)8-14-3-4-15(26)9-19(14)24/h3-6,9,12-13H,7-8,10-11H2,1-2H3. The summed E-state index contributed by atoms with van der Waals surface area (Å²) < 4.78 is 43.3. The van der Waals surface area contributed by atoms with Crippen LogP contribution in [-0.4, -0.2) is 29.7 Å². The molecule has 0 N–H and O–H groups in total. The monoisotopic (exact) mass is 515 g/mol. The molecule has 0 atom stereocenters. The summed E-state index contributed by atoms with van der Waals surface area (Å²) in [5.41, 5.74) is 0.0558. The Bertz CT molecular complexity index is 955. The molecule has 29 heavy (non-hydrogen) atoms. The number of rotatable bonds is 6. The lowest BCUT2D eigenvalue weighted by Crippen LogP contribution is -2.51. The Morgan fingerprint density at radius 2 is 1.79 bits per heavy atom. The minimum Gasteiger partial charge on any atom is -0.338 e. The van der Waals surface area contributed by atoms with Gasteiger partial charge in [-0.3, -0.25) is 9.59 Å². The van der Waals surface area contributed by atoms with E-state index in [0.717, 1.165) is 6.07 Å². The van der Waals surface area contributed by atoms with Crippen LogP contribution in [0.5, 0.6) is 0 Å². The Hall–Kier alpha value is -1.90. The number of Topliss-reactive ketones (excluding diaryl/α,β-unsaturated/α-hetero) is 1. The summed E-state index contributed by atoms with van der Waals surface area (Å²) >= 11 is 1.96. The van der Waals surface area contributed by atoms with Crippen LogP contribution in [0.3, 0.4) is 0 Å². The van der Waals surface area contributed by atoms with Gasteiger partial charge < -0.3 is 4.90 Å². The van der Waals surface area contributed by atoms with Gasteiger partial charge in [0.1, 0.15) is 11.6 Å². The molecule has 0 saturated carbocycles. The molecule has 7 heteroatoms. The number of hydrogen-bond acceptors (Lipinski definition) is 2. The summed E-state index contributed by atoms with van der Waals surface area (Å²) in [5, 5.41) is 0. The van der Waals surface area contributed by atoms with Crippen molar-refractivity contribution in [2.45, 2.75) is 26.7 Å². The molecule has 0 aromatic heterocycles. The zero-order valence-corrected chi connectivity index (χ0v) is 18.3. The van der Waals surface area contributed by atoms with E-state index in [1.807, 2.05) is 36.4 Å². The van der Waals surface area contributed by atoms with E-state index in [0.29, 0.717) is 23.1 Å². The summed E-state index contributed by atoms with van der Waals surface area (Å²) in [4.78, 5) is 26.2. The number of hydrogen-bond donors (Lipinski definition) is 0. The molecule has 1 aliphatic rings. The van der Waals surface area contributed by atoms with Crippen molar-refractivity contribution in [3.05, 3.63) is 68.0 Å². The largest absolute Gasteiger partial charge is 0.338 e. The van der Waals surface area contributed by atoms with E-state index >= 15 is 0 Å². The zero-order valence-electron chi connectivity index (χ0n) is 16.1. The smallest absolute Gasteiger partial charge is 0.254 e. The molecule has 1 heterocycles. The first-order valence-electron chi connectivity index (χ1n) is 9.40. The second-order valence-corrected chi connectivity index (χ2v) is 8.95. The maximum absolute atomic E-state index is 14.5. The maximum Gasteiger partial charge on any atom is 0.254 e. The fourth-order valence-corrected chi connectivity index (χ4v) is 3.83. The normalized spacial score (nSPS) is 14.2. The molecule has 1 saturated heterocycles. The third kappa shape index (κ3) is 4.82. The van der Waals surface area contributed by atoms with Crippen LogP contribution >= 0.6 is 22.6 Å². The van der Waals surface area contributed by atoms with Crippen molar-refractivity contribution in [1.82, 2.24) is 4.90 Å². The van der Waals surface area contributed by atoms with Crippen molar-refractivity contribution < 1.29 is 22.8 Å². The van der Waals surface area contributed by atoms with Gasteiger partial charge in [0.05, 0.1) is 0 Å². The van der Waals surface area contributed by atoms with Gasteiger partial charge in [-0.15, -0.1) is 0 Å². The fourth-order valence-electron chi connectivity index (χ4n) is 3.38. The summed E-state index contributed by atoms with van der Waals surface area (Å²) in [5.74, 6) is -3.01. The average Bonchev–Trinajstić information content (AvgIpc) is 2.63. The van der Waals surface area contributed by atoms with Crippen molar-refractivity contribution in [2.24, 2.45) is 11.8 Å². The number of halogens is 4. The molecule has 1 fully saturated rings. The summed E-state index contributed by atoms with van der Waals surface area (Å²) in [6.45, 7) is 4.46. The SMILES string of the molecule is CC(C)C(=O)CC1CN(C(=O)c2ccc(F)c(F)c2Cc2ccc(I)cc2F)C1. The van der Waals surface area contributed by atoms with Gasteiger partial charge in [-0.05, 0) is 52.4 Å². The van der Waals surface area contributed by atoms with Gasteiger partial charge in [0.2, 0.25) is 0 Å². The fraction of sp³-hybridized carbons (Fsp3) is 0.364. The maximum atomic E-state index is 14.5. The van der Waals surface area contributed by atoms with Crippen LogP contribution in [0.1, 0.15) is 41.8 Å². The molecule has 0 bridgehead atoms. The van der Waals surface area contributed by atoms with Crippen molar-refractivity contribution >= 4 is 34.3 Å². The van der Waals surface area contributed by atoms with Gasteiger partial charge in [0.25, 0.3) is 5.91 Å². The zero-order chi connectivity index (χ0) is 21.3. The highest BCUT2D eigenvalue weighted by Gasteiger charge is 2.34. The topological polar surface area (TPSA) is 37.4 Å². The summed E-state index contributed by atoms with van der Waals surface area (Å²) in [6, 6.07) is 6.64. The lowest BCUT2D eigenvalue weighted by molar-refractivity contribution is -0.123. The van der Waals surface area contributed by atoms with E-state index in [4.69, 9.17) is 0 Å². The molecule has 0 radical (unpaired) electrons.